The van der Waals surface area contributed by atoms with Crippen molar-refractivity contribution in [2.45, 2.75) is 0 Å². The van der Waals surface area contributed by atoms with Crippen molar-refractivity contribution in [3.8, 4) is 23.0 Å². The highest BCUT2D eigenvalue weighted by Gasteiger charge is 2.12. The number of nitrogens with one attached hydrogen (secondary N) is 1. The van der Waals surface area contributed by atoms with Gasteiger partial charge in [0.25, 0.3) is 0 Å². The summed E-state index contributed by atoms with van der Waals surface area (Å²) in [5, 5.41) is 3.06. The lowest BCUT2D eigenvalue weighted by atomic mass is 10.1. The van der Waals surface area contributed by atoms with Crippen LogP contribution in [0.1, 0.15) is 21.5 Å². The maximum Gasteiger partial charge on any atom is 0.203 e. The third kappa shape index (κ3) is 5.95. The number of hydrogen-bond donors (Lipinski definition) is 1. The number of benzene rings is 3. The van der Waals surface area contributed by atoms with Crippen molar-refractivity contribution in [3.05, 3.63) is 89.4 Å². The van der Waals surface area contributed by atoms with Gasteiger partial charge in [0.05, 0.1) is 34.1 Å². The molecule has 176 valence electrons. The molecule has 0 amide bonds. The zero-order valence-corrected chi connectivity index (χ0v) is 19.4. The van der Waals surface area contributed by atoms with Crippen molar-refractivity contribution >= 4 is 23.6 Å². The summed E-state index contributed by atoms with van der Waals surface area (Å²) in [6.45, 7) is 0. The quantitative estimate of drug-likeness (QED) is 0.232. The number of carbonyl (C=O) groups excluding carboxylic acids is 1. The number of carbonyl (C=O) groups is 1. The maximum absolute atomic E-state index is 13.3. The Morgan fingerprint density at radius 2 is 1.47 bits per heavy atom. The zero-order chi connectivity index (χ0) is 24.5. The molecule has 6 nitrogen and oxygen atoms in total. The van der Waals surface area contributed by atoms with Gasteiger partial charge in [0.2, 0.25) is 5.75 Å². The first kappa shape index (κ1) is 24.4. The fourth-order valence-electron chi connectivity index (χ4n) is 3.28. The topological polar surface area (TPSA) is 66.0 Å². The molecule has 0 fully saturated rings. The molecule has 0 heterocycles. The molecule has 0 radical (unpaired) electrons. The Balaban J connectivity index is 1.80. The van der Waals surface area contributed by atoms with Gasteiger partial charge in [-0.1, -0.05) is 30.4 Å². The van der Waals surface area contributed by atoms with Gasteiger partial charge in [-0.05, 0) is 47.5 Å². The molecule has 0 atom stereocenters. The molecule has 0 aliphatic rings. The molecule has 0 spiro atoms. The normalized spacial score (nSPS) is 11.0. The minimum absolute atomic E-state index is 0.270. The molecule has 3 rings (SSSR count). The Labute approximate surface area is 198 Å². The second-order valence-corrected chi connectivity index (χ2v) is 7.10. The molecule has 0 aliphatic heterocycles. The molecule has 0 saturated carbocycles. The van der Waals surface area contributed by atoms with Gasteiger partial charge in [-0.25, -0.2) is 4.39 Å². The number of hydrogen-bond acceptors (Lipinski definition) is 6. The van der Waals surface area contributed by atoms with Gasteiger partial charge in [-0.2, -0.15) is 0 Å². The average Bonchev–Trinajstić information content (AvgIpc) is 2.86. The highest BCUT2D eigenvalue weighted by molar-refractivity contribution is 6.04. The lowest BCUT2D eigenvalue weighted by Crippen LogP contribution is -1.98. The summed E-state index contributed by atoms with van der Waals surface area (Å²) in [5.74, 6) is 1.48. The fraction of sp³-hybridized carbons (Fsp3) is 0.148. The first-order chi connectivity index (χ1) is 16.5. The first-order valence-electron chi connectivity index (χ1n) is 10.4. The second-order valence-electron chi connectivity index (χ2n) is 7.10. The molecule has 7 heteroatoms. The average molecular weight is 464 g/mol. The van der Waals surface area contributed by atoms with Crippen LogP contribution in [0.2, 0.25) is 0 Å². The van der Waals surface area contributed by atoms with Gasteiger partial charge in [0, 0.05) is 17.8 Å². The second kappa shape index (κ2) is 11.6. The Bertz CT molecular complexity index is 1190. The van der Waals surface area contributed by atoms with Crippen molar-refractivity contribution in [2.75, 3.05) is 33.8 Å². The predicted octanol–water partition coefficient (Wildman–Crippen LogP) is 5.84. The Hall–Kier alpha value is -4.26. The summed E-state index contributed by atoms with van der Waals surface area (Å²) in [7, 11) is 6.26. The van der Waals surface area contributed by atoms with E-state index in [0.29, 0.717) is 28.7 Å². The largest absolute Gasteiger partial charge is 0.495 e. The lowest BCUT2D eigenvalue weighted by molar-refractivity contribution is 0.104. The van der Waals surface area contributed by atoms with Crippen LogP contribution in [0.25, 0.3) is 12.2 Å². The fourth-order valence-corrected chi connectivity index (χ4v) is 3.28. The molecule has 34 heavy (non-hydrogen) atoms. The van der Waals surface area contributed by atoms with Crippen LogP contribution in [-0.4, -0.2) is 34.2 Å². The van der Waals surface area contributed by atoms with Crippen LogP contribution < -0.4 is 24.3 Å². The summed E-state index contributed by atoms with van der Waals surface area (Å²) < 4.78 is 34.9. The molecule has 0 aliphatic carbocycles. The number of methoxy groups -OCH3 is 4. The molecule has 0 saturated heterocycles. The van der Waals surface area contributed by atoms with Gasteiger partial charge < -0.3 is 24.3 Å². The molecule has 0 bridgehead atoms. The summed E-state index contributed by atoms with van der Waals surface area (Å²) in [5.41, 5.74) is 2.69. The molecular formula is C27H26FNO5. The number of ether oxygens (including phenoxy) is 4. The van der Waals surface area contributed by atoms with E-state index in [1.165, 1.54) is 30.5 Å². The van der Waals surface area contributed by atoms with Crippen molar-refractivity contribution in [1.29, 1.82) is 0 Å². The highest BCUT2D eigenvalue weighted by Crippen LogP contribution is 2.38. The minimum atomic E-state index is -0.458. The summed E-state index contributed by atoms with van der Waals surface area (Å²) in [6.07, 6.45) is 6.68. The van der Waals surface area contributed by atoms with Crippen molar-refractivity contribution < 1.29 is 28.1 Å². The summed E-state index contributed by atoms with van der Waals surface area (Å²) >= 11 is 0. The minimum Gasteiger partial charge on any atom is -0.495 e. The standard InChI is InChI=1S/C27H26FNO5/c1-31-24-11-10-18(8-9-19-15-25(32-2)27(34-4)26(16-19)33-3)14-22(24)29-13-12-23(30)20-6-5-7-21(28)17-20/h5-17,29H,1-4H3/b9-8-,13-12-. The van der Waals surface area contributed by atoms with E-state index in [0.717, 1.165) is 11.1 Å². The van der Waals surface area contributed by atoms with E-state index in [2.05, 4.69) is 5.32 Å². The molecule has 3 aromatic carbocycles. The van der Waals surface area contributed by atoms with Gasteiger partial charge >= 0.3 is 0 Å². The smallest absolute Gasteiger partial charge is 0.203 e. The van der Waals surface area contributed by atoms with Gasteiger partial charge in [0.15, 0.2) is 17.3 Å². The number of anilines is 1. The summed E-state index contributed by atoms with van der Waals surface area (Å²) in [6, 6.07) is 14.8. The third-order valence-electron chi connectivity index (χ3n) is 4.96. The maximum atomic E-state index is 13.3. The van der Waals surface area contributed by atoms with E-state index in [1.54, 1.807) is 34.5 Å². The first-order valence-corrected chi connectivity index (χ1v) is 10.4. The SMILES string of the molecule is COc1ccc(/C=C\c2cc(OC)c(OC)c(OC)c2)cc1N/C=C\C(=O)c1cccc(F)c1. The molecule has 0 aromatic heterocycles. The van der Waals surface area contributed by atoms with Gasteiger partial charge in [-0.15, -0.1) is 0 Å². The van der Waals surface area contributed by atoms with E-state index in [1.807, 2.05) is 42.5 Å². The Kier molecular flexibility index (Phi) is 8.29. The van der Waals surface area contributed by atoms with Crippen LogP contribution in [-0.2, 0) is 0 Å². The van der Waals surface area contributed by atoms with Crippen LogP contribution >= 0.6 is 0 Å². The number of rotatable bonds is 10. The monoisotopic (exact) mass is 463 g/mol. The number of ketones is 1. The summed E-state index contributed by atoms with van der Waals surface area (Å²) in [4.78, 5) is 12.3. The van der Waals surface area contributed by atoms with Crippen molar-refractivity contribution in [3.63, 3.8) is 0 Å². The van der Waals surface area contributed by atoms with Crippen LogP contribution in [0.3, 0.4) is 0 Å². The number of halogens is 1. The molecule has 0 unspecified atom stereocenters. The van der Waals surface area contributed by atoms with Gasteiger partial charge in [-0.3, -0.25) is 4.79 Å². The molecule has 1 N–H and O–H groups in total. The van der Waals surface area contributed by atoms with Crippen molar-refractivity contribution in [2.24, 2.45) is 0 Å². The van der Waals surface area contributed by atoms with Gasteiger partial charge in [0.1, 0.15) is 11.6 Å². The third-order valence-corrected chi connectivity index (χ3v) is 4.96. The van der Waals surface area contributed by atoms with E-state index < -0.39 is 5.82 Å². The van der Waals surface area contributed by atoms with Crippen molar-refractivity contribution in [1.82, 2.24) is 0 Å². The van der Waals surface area contributed by atoms with E-state index in [4.69, 9.17) is 18.9 Å². The molecular weight excluding hydrogens is 437 g/mol. The zero-order valence-electron chi connectivity index (χ0n) is 19.4. The van der Waals surface area contributed by atoms with Crippen LogP contribution in [0, 0.1) is 5.82 Å². The van der Waals surface area contributed by atoms with Crippen LogP contribution in [0.5, 0.6) is 23.0 Å². The van der Waals surface area contributed by atoms with E-state index in [-0.39, 0.29) is 11.3 Å². The van der Waals surface area contributed by atoms with E-state index >= 15 is 0 Å². The Morgan fingerprint density at radius 1 is 0.794 bits per heavy atom. The molecule has 3 aromatic rings. The highest BCUT2D eigenvalue weighted by atomic mass is 19.1. The van der Waals surface area contributed by atoms with Crippen LogP contribution in [0.4, 0.5) is 10.1 Å². The predicted molar refractivity (Wildman–Crippen MR) is 132 cm³/mol. The number of allylic oxidation sites excluding steroid dienone is 1. The van der Waals surface area contributed by atoms with Crippen LogP contribution in [0.15, 0.2) is 66.9 Å². The lowest BCUT2D eigenvalue weighted by Gasteiger charge is -2.13. The van der Waals surface area contributed by atoms with E-state index in [9.17, 15) is 9.18 Å². The Morgan fingerprint density at radius 3 is 2.09 bits per heavy atom.